The highest BCUT2D eigenvalue weighted by atomic mass is 16.5. The van der Waals surface area contributed by atoms with Gasteiger partial charge in [0.15, 0.2) is 11.4 Å². The van der Waals surface area contributed by atoms with Gasteiger partial charge in [-0.3, -0.25) is 18.8 Å². The number of aryl methyl sites for hydroxylation is 2. The summed E-state index contributed by atoms with van der Waals surface area (Å²) in [6.07, 6.45) is 9.38. The summed E-state index contributed by atoms with van der Waals surface area (Å²) in [4.78, 5) is 38.6. The molecule has 0 unspecified atom stereocenters. The molecule has 36 heavy (non-hydrogen) atoms. The number of nitrogens with one attached hydrogen (secondary N) is 2. The van der Waals surface area contributed by atoms with Crippen molar-refractivity contribution in [2.75, 3.05) is 10.6 Å². The quantitative estimate of drug-likeness (QED) is 0.338. The van der Waals surface area contributed by atoms with Crippen molar-refractivity contribution in [3.8, 4) is 17.3 Å². The maximum Gasteiger partial charge on any atom is 0.299 e. The first-order valence-corrected chi connectivity index (χ1v) is 10.8. The topological polar surface area (TPSA) is 134 Å². The minimum absolute atomic E-state index is 0.0401. The third kappa shape index (κ3) is 4.55. The summed E-state index contributed by atoms with van der Waals surface area (Å²) in [5.41, 5.74) is 1.50. The highest BCUT2D eigenvalue weighted by molar-refractivity contribution is 5.99. The van der Waals surface area contributed by atoms with Crippen LogP contribution in [0.3, 0.4) is 0 Å². The zero-order valence-corrected chi connectivity index (χ0v) is 19.4. The Balaban J connectivity index is 1.66. The number of imidazole rings is 1. The van der Waals surface area contributed by atoms with Gasteiger partial charge in [0.1, 0.15) is 0 Å². The molecule has 0 atom stereocenters. The largest absolute Gasteiger partial charge is 0.432 e. The number of pyridine rings is 1. The summed E-state index contributed by atoms with van der Waals surface area (Å²) in [5, 5.41) is 10.5. The number of anilines is 3. The molecule has 0 aliphatic heterocycles. The van der Waals surface area contributed by atoms with Crippen LogP contribution in [0, 0.1) is 0 Å². The molecule has 0 saturated carbocycles. The van der Waals surface area contributed by atoms with Crippen LogP contribution in [0.4, 0.5) is 17.3 Å². The summed E-state index contributed by atoms with van der Waals surface area (Å²) < 4.78 is 10.6. The van der Waals surface area contributed by atoms with Gasteiger partial charge in [-0.1, -0.05) is 12.6 Å². The van der Waals surface area contributed by atoms with Crippen molar-refractivity contribution in [1.82, 2.24) is 33.9 Å². The maximum absolute atomic E-state index is 13.7. The van der Waals surface area contributed by atoms with E-state index in [1.54, 1.807) is 84.8 Å². The van der Waals surface area contributed by atoms with E-state index >= 15 is 0 Å². The van der Waals surface area contributed by atoms with E-state index in [4.69, 9.17) is 4.74 Å². The van der Waals surface area contributed by atoms with Crippen molar-refractivity contribution in [2.24, 2.45) is 14.1 Å². The number of aromatic nitrogens is 7. The zero-order chi connectivity index (χ0) is 25.2. The van der Waals surface area contributed by atoms with Gasteiger partial charge in [-0.2, -0.15) is 10.1 Å². The molecule has 4 aromatic heterocycles. The predicted molar refractivity (Wildman–Crippen MR) is 134 cm³/mol. The van der Waals surface area contributed by atoms with Crippen molar-refractivity contribution in [2.45, 2.75) is 0 Å². The summed E-state index contributed by atoms with van der Waals surface area (Å²) in [6.45, 7) is 3.47. The molecule has 1 amide bonds. The number of hydrogen-bond acceptors (Lipinski definition) is 8. The molecule has 4 heterocycles. The van der Waals surface area contributed by atoms with Crippen LogP contribution in [-0.4, -0.2) is 39.8 Å². The fourth-order valence-electron chi connectivity index (χ4n) is 3.53. The van der Waals surface area contributed by atoms with Gasteiger partial charge in [0.2, 0.25) is 17.7 Å². The molecular formula is C24H21N9O3. The Labute approximate surface area is 204 Å². The summed E-state index contributed by atoms with van der Waals surface area (Å²) in [5.74, 6) is 0.210. The molecule has 0 bridgehead atoms. The Bertz CT molecular complexity index is 1670. The van der Waals surface area contributed by atoms with Crippen LogP contribution < -0.4 is 20.9 Å². The maximum atomic E-state index is 13.7. The second kappa shape index (κ2) is 9.18. The van der Waals surface area contributed by atoms with Gasteiger partial charge < -0.3 is 19.9 Å². The first-order chi connectivity index (χ1) is 17.4. The normalized spacial score (nSPS) is 10.8. The van der Waals surface area contributed by atoms with E-state index in [0.29, 0.717) is 28.1 Å². The second-order valence-corrected chi connectivity index (χ2v) is 7.87. The van der Waals surface area contributed by atoms with Crippen molar-refractivity contribution in [3.63, 3.8) is 0 Å². The van der Waals surface area contributed by atoms with Gasteiger partial charge in [-0.15, -0.1) is 0 Å². The molecule has 0 fully saturated rings. The van der Waals surface area contributed by atoms with E-state index in [1.165, 1.54) is 10.6 Å². The summed E-state index contributed by atoms with van der Waals surface area (Å²) >= 11 is 0. The number of hydrogen-bond donors (Lipinski definition) is 2. The predicted octanol–water partition coefficient (Wildman–Crippen LogP) is 2.91. The lowest BCUT2D eigenvalue weighted by Crippen LogP contribution is -2.21. The number of fused-ring (bicyclic) bond motifs is 1. The first-order valence-electron chi connectivity index (χ1n) is 10.8. The zero-order valence-electron chi connectivity index (χ0n) is 19.4. The van der Waals surface area contributed by atoms with Crippen molar-refractivity contribution in [1.29, 1.82) is 0 Å². The fourth-order valence-corrected chi connectivity index (χ4v) is 3.53. The molecule has 5 rings (SSSR count). The van der Waals surface area contributed by atoms with Crippen LogP contribution in [-0.2, 0) is 18.9 Å². The lowest BCUT2D eigenvalue weighted by Gasteiger charge is -2.14. The molecule has 12 nitrogen and oxygen atoms in total. The number of amides is 1. The standard InChI is InChI=1S/C24H21N9O3/c1-4-20(34)28-16-6-5-7-18(9-16)33-22-15(8-19(23(33)35)36-21-13-31(2)14-26-21)10-25-24(30-22)29-17-11-27-32(3)12-17/h4-14H,1H2,2-3H3,(H,28,34)(H,25,29,30). The Kier molecular flexibility index (Phi) is 5.74. The Morgan fingerprint density at radius 1 is 1.11 bits per heavy atom. The first kappa shape index (κ1) is 22.5. The van der Waals surface area contributed by atoms with Gasteiger partial charge >= 0.3 is 0 Å². The number of rotatable bonds is 7. The molecule has 0 aliphatic carbocycles. The number of nitrogens with zero attached hydrogens (tertiary/aromatic N) is 7. The van der Waals surface area contributed by atoms with Crippen LogP contribution in [0.15, 0.2) is 78.9 Å². The molecule has 0 saturated heterocycles. The van der Waals surface area contributed by atoms with Crippen LogP contribution in [0.2, 0.25) is 0 Å². The van der Waals surface area contributed by atoms with E-state index in [0.717, 1.165) is 0 Å². The minimum atomic E-state index is -0.466. The van der Waals surface area contributed by atoms with Gasteiger partial charge in [0.05, 0.1) is 30.1 Å². The number of carbonyl (C=O) groups excluding carboxylic acids is 1. The van der Waals surface area contributed by atoms with Crippen LogP contribution in [0.5, 0.6) is 11.6 Å². The number of carbonyl (C=O) groups is 1. The van der Waals surface area contributed by atoms with E-state index < -0.39 is 5.56 Å². The third-order valence-electron chi connectivity index (χ3n) is 5.12. The number of benzene rings is 1. The Morgan fingerprint density at radius 2 is 1.97 bits per heavy atom. The molecule has 5 aromatic rings. The van der Waals surface area contributed by atoms with Crippen LogP contribution in [0.1, 0.15) is 0 Å². The average molecular weight is 483 g/mol. The second-order valence-electron chi connectivity index (χ2n) is 7.87. The smallest absolute Gasteiger partial charge is 0.299 e. The average Bonchev–Trinajstić information content (AvgIpc) is 3.47. The molecule has 1 aromatic carbocycles. The van der Waals surface area contributed by atoms with E-state index in [2.05, 4.69) is 37.3 Å². The van der Waals surface area contributed by atoms with Gasteiger partial charge in [0, 0.05) is 37.6 Å². The monoisotopic (exact) mass is 483 g/mol. The van der Waals surface area contributed by atoms with E-state index in [9.17, 15) is 9.59 Å². The molecule has 0 radical (unpaired) electrons. The molecule has 0 aliphatic rings. The van der Waals surface area contributed by atoms with Crippen molar-refractivity contribution < 1.29 is 9.53 Å². The molecule has 180 valence electrons. The molecule has 12 heteroatoms. The highest BCUT2D eigenvalue weighted by Crippen LogP contribution is 2.25. The number of ether oxygens (including phenoxy) is 1. The Hall–Kier alpha value is -5.26. The molecule has 0 spiro atoms. The van der Waals surface area contributed by atoms with Gasteiger partial charge in [-0.05, 0) is 30.3 Å². The van der Waals surface area contributed by atoms with Crippen molar-refractivity contribution >= 4 is 34.3 Å². The van der Waals surface area contributed by atoms with Gasteiger partial charge in [-0.25, -0.2) is 9.97 Å². The summed E-state index contributed by atoms with van der Waals surface area (Å²) in [7, 11) is 3.59. The van der Waals surface area contributed by atoms with Gasteiger partial charge in [0.25, 0.3) is 5.56 Å². The highest BCUT2D eigenvalue weighted by Gasteiger charge is 2.17. The van der Waals surface area contributed by atoms with Crippen LogP contribution in [0.25, 0.3) is 16.7 Å². The lowest BCUT2D eigenvalue weighted by molar-refractivity contribution is -0.111. The van der Waals surface area contributed by atoms with Crippen LogP contribution >= 0.6 is 0 Å². The van der Waals surface area contributed by atoms with E-state index in [1.807, 2.05) is 0 Å². The molecule has 2 N–H and O–H groups in total. The minimum Gasteiger partial charge on any atom is -0.432 e. The Morgan fingerprint density at radius 3 is 2.69 bits per heavy atom. The van der Waals surface area contributed by atoms with Crippen molar-refractivity contribution in [3.05, 3.63) is 84.5 Å². The SMILES string of the molecule is C=CC(=O)Nc1cccc(-n2c(=O)c(Oc3cn(C)cn3)cc3cnc(Nc4cnn(C)c4)nc32)c1. The van der Waals surface area contributed by atoms with E-state index in [-0.39, 0.29) is 23.5 Å². The lowest BCUT2D eigenvalue weighted by atomic mass is 10.2. The third-order valence-corrected chi connectivity index (χ3v) is 5.12. The fraction of sp³-hybridized carbons (Fsp3) is 0.0833. The molecular weight excluding hydrogens is 462 g/mol. The summed E-state index contributed by atoms with van der Waals surface area (Å²) in [6, 6.07) is 8.37.